The highest BCUT2D eigenvalue weighted by atomic mass is 16.4. The summed E-state index contributed by atoms with van der Waals surface area (Å²) >= 11 is 0. The van der Waals surface area contributed by atoms with E-state index in [-0.39, 0.29) is 24.8 Å². The van der Waals surface area contributed by atoms with Crippen molar-refractivity contribution in [3.8, 4) is 0 Å². The lowest BCUT2D eigenvalue weighted by molar-refractivity contribution is -0.139. The summed E-state index contributed by atoms with van der Waals surface area (Å²) in [6, 6.07) is -0.110. The van der Waals surface area contributed by atoms with Crippen molar-refractivity contribution < 1.29 is 14.7 Å². The second-order valence-corrected chi connectivity index (χ2v) is 13.1. The van der Waals surface area contributed by atoms with Gasteiger partial charge >= 0.3 is 5.97 Å². The topological polar surface area (TPSA) is 200 Å². The van der Waals surface area contributed by atoms with Crippen molar-refractivity contribution in [1.82, 2.24) is 40.5 Å². The average molecular weight is 655 g/mol. The third-order valence-corrected chi connectivity index (χ3v) is 9.40. The van der Waals surface area contributed by atoms with Crippen molar-refractivity contribution in [2.24, 2.45) is 5.73 Å². The van der Waals surface area contributed by atoms with E-state index in [4.69, 9.17) is 20.8 Å². The van der Waals surface area contributed by atoms with E-state index in [2.05, 4.69) is 36.9 Å². The Morgan fingerprint density at radius 2 is 1.83 bits per heavy atom. The number of anilines is 3. The summed E-state index contributed by atoms with van der Waals surface area (Å²) in [4.78, 5) is 34.9. The number of carboxylic acids is 1. The van der Waals surface area contributed by atoms with Crippen molar-refractivity contribution >= 4 is 29.5 Å². The van der Waals surface area contributed by atoms with Crippen molar-refractivity contribution in [3.05, 3.63) is 17.5 Å². The molecule has 15 nitrogen and oxygen atoms in total. The number of hydrogen-bond donors (Lipinski definition) is 7. The highest BCUT2D eigenvalue weighted by Crippen LogP contribution is 2.29. The molecule has 15 heteroatoms. The minimum absolute atomic E-state index is 0.0446. The smallest absolute Gasteiger partial charge is 0.320 e. The van der Waals surface area contributed by atoms with Crippen molar-refractivity contribution in [1.29, 1.82) is 0 Å². The van der Waals surface area contributed by atoms with Crippen LogP contribution in [0.5, 0.6) is 0 Å². The Kier molecular flexibility index (Phi) is 13.4. The number of nitrogens with zero attached hydrogens (tertiary/aromatic N) is 6. The van der Waals surface area contributed by atoms with E-state index in [0.717, 1.165) is 100 Å². The summed E-state index contributed by atoms with van der Waals surface area (Å²) < 4.78 is 1.89. The maximum absolute atomic E-state index is 12.6. The standard InChI is InChI=1S/C32H54N12O3/c33-27(31(46)47)10-11-28(45)43-19-12-24(13-20-43)38-30-26-9-4-16-36-29(26)39-32(40-30)37-21-25-22-44(42-41-25)18-6-15-34-14-5-17-35-23-7-2-1-3-8-23/h22-24,27,34-35H,1-21,33H2,(H,46,47)(H3,36,37,38,39,40). The Morgan fingerprint density at radius 1 is 1.02 bits per heavy atom. The number of hydrogen-bond acceptors (Lipinski definition) is 12. The minimum atomic E-state index is -1.08. The molecular weight excluding hydrogens is 600 g/mol. The van der Waals surface area contributed by atoms with Gasteiger partial charge in [0.1, 0.15) is 23.4 Å². The third-order valence-electron chi connectivity index (χ3n) is 9.40. The molecule has 1 amide bonds. The van der Waals surface area contributed by atoms with E-state index >= 15 is 0 Å². The zero-order valence-electron chi connectivity index (χ0n) is 27.7. The first-order valence-electron chi connectivity index (χ1n) is 17.7. The quantitative estimate of drug-likeness (QED) is 0.115. The molecule has 0 bridgehead atoms. The number of carbonyl (C=O) groups is 2. The number of piperidine rings is 1. The van der Waals surface area contributed by atoms with Gasteiger partial charge in [0, 0.05) is 50.2 Å². The molecule has 2 aliphatic heterocycles. The maximum Gasteiger partial charge on any atom is 0.320 e. The van der Waals surface area contributed by atoms with E-state index in [1.54, 1.807) is 4.90 Å². The summed E-state index contributed by atoms with van der Waals surface area (Å²) in [5.74, 6) is 1.07. The first-order chi connectivity index (χ1) is 22.9. The lowest BCUT2D eigenvalue weighted by Crippen LogP contribution is -2.43. The van der Waals surface area contributed by atoms with Crippen LogP contribution < -0.4 is 32.3 Å². The summed E-state index contributed by atoms with van der Waals surface area (Å²) in [6.45, 7) is 6.45. The van der Waals surface area contributed by atoms with Gasteiger partial charge in [0.2, 0.25) is 11.9 Å². The molecule has 2 aromatic rings. The van der Waals surface area contributed by atoms with Gasteiger partial charge in [-0.05, 0) is 77.4 Å². The van der Waals surface area contributed by atoms with Crippen LogP contribution in [-0.2, 0) is 29.1 Å². The van der Waals surface area contributed by atoms with Crippen LogP contribution in [-0.4, -0.2) is 104 Å². The van der Waals surface area contributed by atoms with E-state index in [0.29, 0.717) is 25.6 Å². The fourth-order valence-corrected chi connectivity index (χ4v) is 6.58. The number of aryl methyl sites for hydroxylation is 1. The molecule has 3 aliphatic rings. The summed E-state index contributed by atoms with van der Waals surface area (Å²) in [6.07, 6.45) is 14.7. The Labute approximate surface area is 277 Å². The number of amides is 1. The lowest BCUT2D eigenvalue weighted by atomic mass is 9.95. The largest absolute Gasteiger partial charge is 0.480 e. The highest BCUT2D eigenvalue weighted by molar-refractivity contribution is 5.78. The molecule has 2 aromatic heterocycles. The molecule has 1 atom stereocenters. The number of nitrogens with one attached hydrogen (secondary N) is 5. The fraction of sp³-hybridized carbons (Fsp3) is 0.750. The van der Waals surface area contributed by atoms with Crippen LogP contribution >= 0.6 is 0 Å². The number of nitrogens with two attached hydrogens (primary N) is 1. The first-order valence-corrected chi connectivity index (χ1v) is 17.7. The van der Waals surface area contributed by atoms with Crippen molar-refractivity contribution in [2.75, 3.05) is 55.2 Å². The van der Waals surface area contributed by atoms with Gasteiger partial charge in [0.25, 0.3) is 0 Å². The lowest BCUT2D eigenvalue weighted by Gasteiger charge is -2.33. The second-order valence-electron chi connectivity index (χ2n) is 13.1. The van der Waals surface area contributed by atoms with Crippen LogP contribution in [0.15, 0.2) is 6.20 Å². The SMILES string of the molecule is NC(CCC(=O)N1CCC(Nc2nc(NCc3cn(CCCNCCCNC4CCCCC4)nn3)nc3c2CCCN3)CC1)C(=O)O. The Balaban J connectivity index is 1.02. The van der Waals surface area contributed by atoms with Crippen LogP contribution in [0.3, 0.4) is 0 Å². The molecule has 1 saturated carbocycles. The van der Waals surface area contributed by atoms with Crippen molar-refractivity contribution in [3.63, 3.8) is 0 Å². The fourth-order valence-electron chi connectivity index (χ4n) is 6.58. The maximum atomic E-state index is 12.6. The predicted molar refractivity (Wildman–Crippen MR) is 181 cm³/mol. The molecule has 1 saturated heterocycles. The number of fused-ring (bicyclic) bond motifs is 1. The van der Waals surface area contributed by atoms with Crippen LogP contribution in [0.4, 0.5) is 17.6 Å². The number of carboxylic acid groups (broad SMARTS) is 1. The number of carbonyl (C=O) groups excluding carboxylic acids is 1. The average Bonchev–Trinajstić information content (AvgIpc) is 3.55. The monoisotopic (exact) mass is 654 g/mol. The molecular formula is C32H54N12O3. The molecule has 0 spiro atoms. The molecule has 260 valence electrons. The van der Waals surface area contributed by atoms with E-state index in [1.165, 1.54) is 32.1 Å². The molecule has 47 heavy (non-hydrogen) atoms. The zero-order chi connectivity index (χ0) is 32.8. The van der Waals surface area contributed by atoms with Crippen LogP contribution in [0.25, 0.3) is 0 Å². The Bertz CT molecular complexity index is 1280. The molecule has 1 unspecified atom stereocenters. The second kappa shape index (κ2) is 18.1. The Morgan fingerprint density at radius 3 is 2.64 bits per heavy atom. The third kappa shape index (κ3) is 11.0. The van der Waals surface area contributed by atoms with Gasteiger partial charge in [0.05, 0.1) is 12.7 Å². The number of aromatic nitrogens is 5. The van der Waals surface area contributed by atoms with Crippen molar-refractivity contribution in [2.45, 2.75) is 115 Å². The molecule has 2 fully saturated rings. The summed E-state index contributed by atoms with van der Waals surface area (Å²) in [7, 11) is 0. The van der Waals surface area contributed by atoms with E-state index in [9.17, 15) is 9.59 Å². The van der Waals surface area contributed by atoms with Crippen LogP contribution in [0.2, 0.25) is 0 Å². The summed E-state index contributed by atoms with van der Waals surface area (Å²) in [5, 5.41) is 35.2. The molecule has 5 rings (SSSR count). The first kappa shape index (κ1) is 34.8. The van der Waals surface area contributed by atoms with E-state index in [1.807, 2.05) is 10.9 Å². The highest BCUT2D eigenvalue weighted by Gasteiger charge is 2.26. The normalized spacial score (nSPS) is 17.9. The zero-order valence-corrected chi connectivity index (χ0v) is 27.7. The molecule has 0 radical (unpaired) electrons. The predicted octanol–water partition coefficient (Wildman–Crippen LogP) is 1.93. The number of aliphatic carboxylic acids is 1. The number of rotatable bonds is 18. The van der Waals surface area contributed by atoms with Crippen LogP contribution in [0.1, 0.15) is 88.3 Å². The van der Waals surface area contributed by atoms with Gasteiger partial charge in [-0.1, -0.05) is 24.5 Å². The molecule has 8 N–H and O–H groups in total. The summed E-state index contributed by atoms with van der Waals surface area (Å²) in [5.41, 5.74) is 7.48. The van der Waals surface area contributed by atoms with E-state index < -0.39 is 12.0 Å². The molecule has 0 aromatic carbocycles. The van der Waals surface area contributed by atoms with Gasteiger partial charge in [-0.3, -0.25) is 14.3 Å². The number of likely N-dealkylation sites (tertiary alicyclic amines) is 1. The van der Waals surface area contributed by atoms with Gasteiger partial charge in [-0.15, -0.1) is 5.10 Å². The molecule has 1 aliphatic carbocycles. The van der Waals surface area contributed by atoms with Gasteiger partial charge in [-0.25, -0.2) is 0 Å². The van der Waals surface area contributed by atoms with Crippen LogP contribution in [0, 0.1) is 0 Å². The van der Waals surface area contributed by atoms with Gasteiger partial charge in [-0.2, -0.15) is 9.97 Å². The van der Waals surface area contributed by atoms with Gasteiger partial charge < -0.3 is 42.3 Å². The minimum Gasteiger partial charge on any atom is -0.480 e. The molecule has 4 heterocycles. The van der Waals surface area contributed by atoms with Gasteiger partial charge in [0.15, 0.2) is 0 Å². The Hall–Kier alpha value is -3.56.